The number of nitrogens with zero attached hydrogens (tertiary/aromatic N) is 1. The lowest BCUT2D eigenvalue weighted by atomic mass is 10.2. The zero-order valence-electron chi connectivity index (χ0n) is 15.3. The van der Waals surface area contributed by atoms with Crippen LogP contribution in [0.1, 0.15) is 17.3 Å². The summed E-state index contributed by atoms with van der Waals surface area (Å²) in [6.45, 7) is 4.49. The van der Waals surface area contributed by atoms with Crippen molar-refractivity contribution in [1.29, 1.82) is 0 Å². The van der Waals surface area contributed by atoms with Gasteiger partial charge in [-0.3, -0.25) is 4.79 Å². The summed E-state index contributed by atoms with van der Waals surface area (Å²) < 4.78 is 23.5. The average Bonchev–Trinajstić information content (AvgIpc) is 2.69. The molecule has 2 aromatic rings. The van der Waals surface area contributed by atoms with Crippen LogP contribution < -0.4 is 10.2 Å². The van der Waals surface area contributed by atoms with E-state index in [4.69, 9.17) is 21.1 Å². The molecule has 1 N–H and O–H groups in total. The Kier molecular flexibility index (Phi) is 6.49. The van der Waals surface area contributed by atoms with E-state index in [1.165, 1.54) is 13.0 Å². The Hall–Kier alpha value is -2.64. The van der Waals surface area contributed by atoms with E-state index in [1.807, 2.05) is 12.1 Å². The number of hydrogen-bond donors (Lipinski definition) is 1. The second kappa shape index (κ2) is 9.03. The van der Waals surface area contributed by atoms with Gasteiger partial charge in [0.25, 0.3) is 5.91 Å². The van der Waals surface area contributed by atoms with Gasteiger partial charge in [-0.15, -0.1) is 0 Å². The van der Waals surface area contributed by atoms with Crippen LogP contribution in [0.15, 0.2) is 42.5 Å². The Morgan fingerprint density at radius 3 is 2.50 bits per heavy atom. The zero-order chi connectivity index (χ0) is 20.1. The van der Waals surface area contributed by atoms with Crippen molar-refractivity contribution in [2.45, 2.75) is 13.0 Å². The Balaban J connectivity index is 1.56. The van der Waals surface area contributed by atoms with Gasteiger partial charge in [0.15, 0.2) is 6.10 Å². The van der Waals surface area contributed by atoms with Crippen molar-refractivity contribution in [2.24, 2.45) is 0 Å². The molecule has 1 aliphatic heterocycles. The van der Waals surface area contributed by atoms with Gasteiger partial charge in [-0.2, -0.15) is 0 Å². The van der Waals surface area contributed by atoms with Crippen LogP contribution in [0.4, 0.5) is 15.8 Å². The molecule has 1 heterocycles. The SMILES string of the molecule is C[C@@H](OC(=O)c1ccc(F)cc1Cl)C(=O)Nc1ccc(N2CCOCC2)cc1. The van der Waals surface area contributed by atoms with E-state index in [9.17, 15) is 14.0 Å². The van der Waals surface area contributed by atoms with Crippen molar-refractivity contribution in [1.82, 2.24) is 0 Å². The number of anilines is 2. The van der Waals surface area contributed by atoms with Gasteiger partial charge in [-0.05, 0) is 49.4 Å². The second-order valence-corrected chi connectivity index (χ2v) is 6.71. The number of halogens is 2. The van der Waals surface area contributed by atoms with E-state index >= 15 is 0 Å². The summed E-state index contributed by atoms with van der Waals surface area (Å²) in [4.78, 5) is 26.6. The van der Waals surface area contributed by atoms with E-state index in [0.717, 1.165) is 30.9 Å². The maximum Gasteiger partial charge on any atom is 0.340 e. The molecule has 1 amide bonds. The highest BCUT2D eigenvalue weighted by Gasteiger charge is 2.21. The quantitative estimate of drug-likeness (QED) is 0.770. The Morgan fingerprint density at radius 2 is 1.86 bits per heavy atom. The molecule has 148 valence electrons. The third-order valence-corrected chi connectivity index (χ3v) is 4.63. The van der Waals surface area contributed by atoms with E-state index in [1.54, 1.807) is 12.1 Å². The minimum atomic E-state index is -1.05. The molecule has 2 aromatic carbocycles. The monoisotopic (exact) mass is 406 g/mol. The molecule has 0 aliphatic carbocycles. The Morgan fingerprint density at radius 1 is 1.18 bits per heavy atom. The van der Waals surface area contributed by atoms with Crippen molar-refractivity contribution in [3.63, 3.8) is 0 Å². The molecule has 0 spiro atoms. The Labute approximate surface area is 167 Å². The molecule has 1 aliphatic rings. The van der Waals surface area contributed by atoms with Crippen molar-refractivity contribution in [3.05, 3.63) is 58.9 Å². The molecular formula is C20H20ClFN2O4. The molecule has 1 atom stereocenters. The molecule has 0 bridgehead atoms. The molecule has 1 fully saturated rings. The van der Waals surface area contributed by atoms with Gasteiger partial charge < -0.3 is 19.7 Å². The molecule has 28 heavy (non-hydrogen) atoms. The lowest BCUT2D eigenvalue weighted by Crippen LogP contribution is -2.36. The molecular weight excluding hydrogens is 387 g/mol. The van der Waals surface area contributed by atoms with Gasteiger partial charge in [-0.25, -0.2) is 9.18 Å². The third-order valence-electron chi connectivity index (χ3n) is 4.32. The number of carbonyl (C=O) groups is 2. The standard InChI is InChI=1S/C20H20ClFN2O4/c1-13(28-20(26)17-7-2-14(22)12-18(17)21)19(25)23-15-3-5-16(6-4-15)24-8-10-27-11-9-24/h2-7,12-13H,8-11H2,1H3,(H,23,25)/t13-/m1/s1. The number of rotatable bonds is 5. The molecule has 1 saturated heterocycles. The smallest absolute Gasteiger partial charge is 0.340 e. The van der Waals surface area contributed by atoms with Crippen LogP contribution in [0.2, 0.25) is 5.02 Å². The van der Waals surface area contributed by atoms with Gasteiger partial charge >= 0.3 is 5.97 Å². The highest BCUT2D eigenvalue weighted by molar-refractivity contribution is 6.33. The van der Waals surface area contributed by atoms with Gasteiger partial charge in [0.1, 0.15) is 5.82 Å². The molecule has 0 saturated carbocycles. The number of nitrogens with one attached hydrogen (secondary N) is 1. The Bertz CT molecular complexity index is 854. The normalized spacial score (nSPS) is 15.0. The zero-order valence-corrected chi connectivity index (χ0v) is 16.0. The highest BCUT2D eigenvalue weighted by atomic mass is 35.5. The van der Waals surface area contributed by atoms with Crippen LogP contribution in [0, 0.1) is 5.82 Å². The van der Waals surface area contributed by atoms with Gasteiger partial charge in [0, 0.05) is 24.5 Å². The lowest BCUT2D eigenvalue weighted by Gasteiger charge is -2.28. The van der Waals surface area contributed by atoms with E-state index in [2.05, 4.69) is 10.2 Å². The maximum atomic E-state index is 13.1. The average molecular weight is 407 g/mol. The van der Waals surface area contributed by atoms with Crippen molar-refractivity contribution >= 4 is 34.9 Å². The van der Waals surface area contributed by atoms with Crippen LogP contribution in [0.3, 0.4) is 0 Å². The van der Waals surface area contributed by atoms with Crippen LogP contribution >= 0.6 is 11.6 Å². The van der Waals surface area contributed by atoms with Crippen LogP contribution in [-0.4, -0.2) is 44.3 Å². The number of morpholine rings is 1. The summed E-state index contributed by atoms with van der Waals surface area (Å²) in [7, 11) is 0. The fourth-order valence-corrected chi connectivity index (χ4v) is 3.00. The lowest BCUT2D eigenvalue weighted by molar-refractivity contribution is -0.123. The molecule has 6 nitrogen and oxygen atoms in total. The summed E-state index contributed by atoms with van der Waals surface area (Å²) in [5.74, 6) is -1.84. The fourth-order valence-electron chi connectivity index (χ4n) is 2.75. The van der Waals surface area contributed by atoms with Crippen LogP contribution in [-0.2, 0) is 14.3 Å². The summed E-state index contributed by atoms with van der Waals surface area (Å²) in [6.07, 6.45) is -1.05. The minimum Gasteiger partial charge on any atom is -0.449 e. The van der Waals surface area contributed by atoms with Crippen LogP contribution in [0.5, 0.6) is 0 Å². The fraction of sp³-hybridized carbons (Fsp3) is 0.300. The van der Waals surface area contributed by atoms with Gasteiger partial charge in [-0.1, -0.05) is 11.6 Å². The molecule has 0 unspecified atom stereocenters. The first-order valence-corrected chi connectivity index (χ1v) is 9.21. The molecule has 0 aromatic heterocycles. The predicted molar refractivity (Wildman–Crippen MR) is 104 cm³/mol. The van der Waals surface area contributed by atoms with E-state index in [0.29, 0.717) is 18.9 Å². The first-order valence-electron chi connectivity index (χ1n) is 8.83. The van der Waals surface area contributed by atoms with Crippen LogP contribution in [0.25, 0.3) is 0 Å². The summed E-state index contributed by atoms with van der Waals surface area (Å²) in [5, 5.41) is 2.63. The first kappa shape index (κ1) is 20.1. The molecule has 8 heteroatoms. The maximum absolute atomic E-state index is 13.1. The van der Waals surface area contributed by atoms with Crippen molar-refractivity contribution in [2.75, 3.05) is 36.5 Å². The van der Waals surface area contributed by atoms with Crippen molar-refractivity contribution in [3.8, 4) is 0 Å². The van der Waals surface area contributed by atoms with Gasteiger partial charge in [0.2, 0.25) is 0 Å². The number of ether oxygens (including phenoxy) is 2. The number of amides is 1. The van der Waals surface area contributed by atoms with E-state index in [-0.39, 0.29) is 10.6 Å². The second-order valence-electron chi connectivity index (χ2n) is 6.31. The van der Waals surface area contributed by atoms with Crippen molar-refractivity contribution < 1.29 is 23.5 Å². The topological polar surface area (TPSA) is 67.9 Å². The van der Waals surface area contributed by atoms with Gasteiger partial charge in [0.05, 0.1) is 23.8 Å². The molecule has 3 rings (SSSR count). The third kappa shape index (κ3) is 4.99. The summed E-state index contributed by atoms with van der Waals surface area (Å²) in [6, 6.07) is 10.7. The number of hydrogen-bond acceptors (Lipinski definition) is 5. The first-order chi connectivity index (χ1) is 13.4. The number of esters is 1. The summed E-state index contributed by atoms with van der Waals surface area (Å²) in [5.41, 5.74) is 1.63. The summed E-state index contributed by atoms with van der Waals surface area (Å²) >= 11 is 5.84. The largest absolute Gasteiger partial charge is 0.449 e. The number of benzene rings is 2. The predicted octanol–water partition coefficient (Wildman–Crippen LogP) is 3.50. The van der Waals surface area contributed by atoms with E-state index < -0.39 is 23.8 Å². The minimum absolute atomic E-state index is 0.00224. The molecule has 0 radical (unpaired) electrons. The number of carbonyl (C=O) groups excluding carboxylic acids is 2. The highest BCUT2D eigenvalue weighted by Crippen LogP contribution is 2.21.